The van der Waals surface area contributed by atoms with E-state index < -0.39 is 0 Å². The Hall–Kier alpha value is -3.40. The zero-order chi connectivity index (χ0) is 24.1. The van der Waals surface area contributed by atoms with Gasteiger partial charge in [-0.2, -0.15) is 0 Å². The molecule has 1 saturated carbocycles. The molecule has 3 aromatic rings. The topological polar surface area (TPSA) is 21.7 Å². The van der Waals surface area contributed by atoms with Gasteiger partial charge in [0.1, 0.15) is 11.5 Å². The summed E-state index contributed by atoms with van der Waals surface area (Å²) in [6.45, 7) is 5.32. The fourth-order valence-electron chi connectivity index (χ4n) is 8.26. The molecule has 2 fully saturated rings. The molecule has 178 valence electrons. The van der Waals surface area contributed by atoms with Crippen molar-refractivity contribution in [1.82, 2.24) is 0 Å². The van der Waals surface area contributed by atoms with Crippen molar-refractivity contribution in [3.05, 3.63) is 90.5 Å². The summed E-state index contributed by atoms with van der Waals surface area (Å²) < 4.78 is 13.1. The van der Waals surface area contributed by atoms with Gasteiger partial charge in [-0.3, -0.25) is 0 Å². The largest absolute Gasteiger partial charge is 0.454 e. The van der Waals surface area contributed by atoms with Crippen molar-refractivity contribution in [1.29, 1.82) is 0 Å². The Morgan fingerprint density at radius 3 is 2.67 bits per heavy atom. The molecule has 8 rings (SSSR count). The molecule has 0 bridgehead atoms. The van der Waals surface area contributed by atoms with Gasteiger partial charge in [-0.05, 0) is 72.4 Å². The number of hydrogen-bond donors (Lipinski definition) is 0. The van der Waals surface area contributed by atoms with E-state index in [1.54, 1.807) is 5.57 Å². The SMILES string of the molecule is CC12CCCC[C@]1(C)C1=CC=CC3B4c5cccc(Oc6ccccc6)c5Oc5cccc(c54)N2C13. The van der Waals surface area contributed by atoms with Gasteiger partial charge in [0, 0.05) is 16.6 Å². The van der Waals surface area contributed by atoms with Crippen LogP contribution in [0.1, 0.15) is 39.5 Å². The zero-order valence-corrected chi connectivity index (χ0v) is 20.9. The van der Waals surface area contributed by atoms with Gasteiger partial charge in [-0.1, -0.05) is 74.4 Å². The minimum atomic E-state index is 0.116. The van der Waals surface area contributed by atoms with Crippen LogP contribution in [0.15, 0.2) is 90.5 Å². The van der Waals surface area contributed by atoms with Crippen molar-refractivity contribution in [2.45, 2.75) is 56.9 Å². The second-order valence-corrected chi connectivity index (χ2v) is 11.6. The van der Waals surface area contributed by atoms with E-state index in [1.165, 1.54) is 42.3 Å². The third-order valence-corrected chi connectivity index (χ3v) is 10.0. The van der Waals surface area contributed by atoms with E-state index in [2.05, 4.69) is 67.3 Å². The van der Waals surface area contributed by atoms with E-state index in [4.69, 9.17) is 9.47 Å². The monoisotopic (exact) mass is 471 g/mol. The summed E-state index contributed by atoms with van der Waals surface area (Å²) in [5, 5.41) is 0. The van der Waals surface area contributed by atoms with Crippen molar-refractivity contribution in [3.63, 3.8) is 0 Å². The van der Waals surface area contributed by atoms with Gasteiger partial charge < -0.3 is 14.4 Å². The van der Waals surface area contributed by atoms with Crippen LogP contribution in [0.3, 0.4) is 0 Å². The quantitative estimate of drug-likeness (QED) is 0.393. The lowest BCUT2D eigenvalue weighted by molar-refractivity contribution is 0.159. The molecule has 3 heterocycles. The molecule has 2 aliphatic carbocycles. The van der Waals surface area contributed by atoms with Crippen molar-refractivity contribution >= 4 is 23.3 Å². The number of para-hydroxylation sites is 2. The summed E-state index contributed by atoms with van der Waals surface area (Å²) in [6.07, 6.45) is 12.4. The van der Waals surface area contributed by atoms with Crippen LogP contribution in [-0.4, -0.2) is 18.3 Å². The number of nitrogens with zero attached hydrogens (tertiary/aromatic N) is 1. The highest BCUT2D eigenvalue weighted by molar-refractivity contribution is 6.90. The van der Waals surface area contributed by atoms with Crippen molar-refractivity contribution in [2.75, 3.05) is 4.90 Å². The number of hydrogen-bond acceptors (Lipinski definition) is 3. The fourth-order valence-corrected chi connectivity index (χ4v) is 8.26. The van der Waals surface area contributed by atoms with Crippen molar-refractivity contribution in [2.24, 2.45) is 5.41 Å². The Morgan fingerprint density at radius 1 is 0.944 bits per heavy atom. The van der Waals surface area contributed by atoms with E-state index in [9.17, 15) is 0 Å². The standard InChI is InChI=1S/C32H30BNO2/c1-31-19-6-7-20-32(31,2)34-25-16-10-17-26-28(25)33(23-14-8-13-22(31)29(23)34)24-15-9-18-27(30(24)36-26)35-21-11-4-3-5-12-21/h3-5,8-18,23,29H,6-7,19-20H2,1-2H3/t23?,29?,31-,32?/m1/s1. The molecule has 36 heavy (non-hydrogen) atoms. The first kappa shape index (κ1) is 20.8. The lowest BCUT2D eigenvalue weighted by Crippen LogP contribution is -2.64. The fraction of sp³-hybridized carbons (Fsp3) is 0.312. The summed E-state index contributed by atoms with van der Waals surface area (Å²) in [5.74, 6) is 3.82. The minimum Gasteiger partial charge on any atom is -0.454 e. The molecule has 0 radical (unpaired) electrons. The van der Waals surface area contributed by atoms with Crippen molar-refractivity contribution < 1.29 is 9.47 Å². The average Bonchev–Trinajstić information content (AvgIpc) is 3.12. The third-order valence-electron chi connectivity index (χ3n) is 10.0. The van der Waals surface area contributed by atoms with E-state index in [0.29, 0.717) is 11.9 Å². The molecule has 0 amide bonds. The summed E-state index contributed by atoms with van der Waals surface area (Å²) in [4.78, 5) is 2.82. The lowest BCUT2D eigenvalue weighted by atomic mass is 9.29. The predicted molar refractivity (Wildman–Crippen MR) is 147 cm³/mol. The Morgan fingerprint density at radius 2 is 1.78 bits per heavy atom. The number of benzene rings is 3. The molecule has 3 nitrogen and oxygen atoms in total. The van der Waals surface area contributed by atoms with Crippen molar-refractivity contribution in [3.8, 4) is 23.0 Å². The summed E-state index contributed by atoms with van der Waals surface area (Å²) >= 11 is 0. The Bertz CT molecular complexity index is 1460. The van der Waals surface area contributed by atoms with Gasteiger partial charge >= 0.3 is 0 Å². The maximum absolute atomic E-state index is 6.72. The lowest BCUT2D eigenvalue weighted by Gasteiger charge is -2.53. The molecule has 4 atom stereocenters. The minimum absolute atomic E-state index is 0.116. The highest BCUT2D eigenvalue weighted by atomic mass is 16.5. The van der Waals surface area contributed by atoms with Crippen LogP contribution >= 0.6 is 0 Å². The van der Waals surface area contributed by atoms with Crippen LogP contribution in [0, 0.1) is 5.41 Å². The van der Waals surface area contributed by atoms with Gasteiger partial charge in [0.25, 0.3) is 0 Å². The van der Waals surface area contributed by atoms with E-state index in [-0.39, 0.29) is 17.7 Å². The summed E-state index contributed by atoms with van der Waals surface area (Å²) in [5.41, 5.74) is 5.90. The molecule has 3 unspecified atom stereocenters. The molecule has 5 aliphatic rings. The number of ether oxygens (including phenoxy) is 2. The Kier molecular flexibility index (Phi) is 4.09. The van der Waals surface area contributed by atoms with Crippen LogP contribution in [-0.2, 0) is 0 Å². The highest BCUT2D eigenvalue weighted by Gasteiger charge is 2.66. The van der Waals surface area contributed by atoms with Gasteiger partial charge in [0.2, 0.25) is 6.71 Å². The maximum atomic E-state index is 6.72. The van der Waals surface area contributed by atoms with Crippen LogP contribution in [0.5, 0.6) is 23.0 Å². The van der Waals surface area contributed by atoms with E-state index in [0.717, 1.165) is 23.0 Å². The normalized spacial score (nSPS) is 30.4. The number of rotatable bonds is 2. The maximum Gasteiger partial charge on any atom is 0.231 e. The Labute approximate surface area is 213 Å². The molecule has 0 N–H and O–H groups in total. The average molecular weight is 471 g/mol. The second-order valence-electron chi connectivity index (χ2n) is 11.6. The van der Waals surface area contributed by atoms with Gasteiger partial charge in [0.05, 0.1) is 6.04 Å². The molecule has 3 aliphatic heterocycles. The molecule has 0 spiro atoms. The molecular formula is C32H30BNO2. The van der Waals surface area contributed by atoms with Crippen LogP contribution < -0.4 is 25.3 Å². The summed E-state index contributed by atoms with van der Waals surface area (Å²) in [6, 6.07) is 23.5. The predicted octanol–water partition coefficient (Wildman–Crippen LogP) is 6.60. The van der Waals surface area contributed by atoms with Gasteiger partial charge in [-0.25, -0.2) is 0 Å². The number of fused-ring (bicyclic) bond motifs is 7. The number of allylic oxidation sites excluding steroid dienone is 2. The van der Waals surface area contributed by atoms with Crippen LogP contribution in [0.2, 0.25) is 5.82 Å². The first-order chi connectivity index (χ1) is 17.6. The zero-order valence-electron chi connectivity index (χ0n) is 20.9. The first-order valence-corrected chi connectivity index (χ1v) is 13.4. The Balaban J connectivity index is 1.34. The highest BCUT2D eigenvalue weighted by Crippen LogP contribution is 2.65. The molecule has 3 aromatic carbocycles. The van der Waals surface area contributed by atoms with Crippen LogP contribution in [0.4, 0.5) is 5.69 Å². The smallest absolute Gasteiger partial charge is 0.231 e. The second kappa shape index (κ2) is 7.09. The van der Waals surface area contributed by atoms with E-state index >= 15 is 0 Å². The molecular weight excluding hydrogens is 441 g/mol. The molecule has 4 heteroatoms. The summed E-state index contributed by atoms with van der Waals surface area (Å²) in [7, 11) is 0. The molecule has 0 aromatic heterocycles. The van der Waals surface area contributed by atoms with Gasteiger partial charge in [0.15, 0.2) is 11.5 Å². The van der Waals surface area contributed by atoms with E-state index in [1.807, 2.05) is 36.4 Å². The first-order valence-electron chi connectivity index (χ1n) is 13.4. The number of anilines is 1. The van der Waals surface area contributed by atoms with Crippen LogP contribution in [0.25, 0.3) is 0 Å². The third kappa shape index (κ3) is 2.45. The molecule has 1 saturated heterocycles. The van der Waals surface area contributed by atoms with Gasteiger partial charge in [-0.15, -0.1) is 0 Å².